The molecule has 13 heavy (non-hydrogen) atoms. The largest absolute Gasteiger partial charge is 0.302 e. The van der Waals surface area contributed by atoms with Gasteiger partial charge in [-0.25, -0.2) is 4.98 Å². The van der Waals surface area contributed by atoms with E-state index >= 15 is 0 Å². The topological polar surface area (TPSA) is 30.0 Å². The second-order valence-corrected chi connectivity index (χ2v) is 4.89. The Labute approximate surface area is 82.0 Å². The van der Waals surface area contributed by atoms with Crippen LogP contribution >= 0.6 is 11.3 Å². The Morgan fingerprint density at radius 2 is 2.31 bits per heavy atom. The normalized spacial score (nSPS) is 19.0. The predicted octanol–water partition coefficient (Wildman–Crippen LogP) is 2.50. The van der Waals surface area contributed by atoms with Crippen molar-refractivity contribution in [1.29, 1.82) is 0 Å². The average Bonchev–Trinajstić information content (AvgIpc) is 2.75. The molecule has 0 N–H and O–H groups in total. The Balaban J connectivity index is 2.27. The fourth-order valence-electron chi connectivity index (χ4n) is 1.35. The summed E-state index contributed by atoms with van der Waals surface area (Å²) in [7, 11) is 0. The molecule has 2 rings (SSSR count). The molecule has 1 aromatic heterocycles. The summed E-state index contributed by atoms with van der Waals surface area (Å²) < 4.78 is 0. The van der Waals surface area contributed by atoms with Gasteiger partial charge in [-0.2, -0.15) is 0 Å². The van der Waals surface area contributed by atoms with E-state index in [4.69, 9.17) is 0 Å². The molecule has 0 amide bonds. The zero-order chi connectivity index (χ0) is 9.47. The van der Waals surface area contributed by atoms with Gasteiger partial charge >= 0.3 is 0 Å². The van der Waals surface area contributed by atoms with Gasteiger partial charge in [0.05, 0.1) is 16.1 Å². The van der Waals surface area contributed by atoms with E-state index in [1.807, 2.05) is 5.38 Å². The molecule has 1 aliphatic rings. The summed E-state index contributed by atoms with van der Waals surface area (Å²) in [5.74, 6) is 0.473. The number of hydrogen-bond donors (Lipinski definition) is 0. The van der Waals surface area contributed by atoms with E-state index in [9.17, 15) is 4.79 Å². The number of hydrogen-bond acceptors (Lipinski definition) is 3. The van der Waals surface area contributed by atoms with Crippen LogP contribution in [0.15, 0.2) is 5.38 Å². The first-order chi connectivity index (χ1) is 6.18. The van der Waals surface area contributed by atoms with Crippen LogP contribution in [-0.2, 0) is 10.2 Å². The van der Waals surface area contributed by atoms with Crippen molar-refractivity contribution in [3.63, 3.8) is 0 Å². The molecule has 0 radical (unpaired) electrons. The Kier molecular flexibility index (Phi) is 1.99. The molecule has 0 saturated heterocycles. The average molecular weight is 195 g/mol. The van der Waals surface area contributed by atoms with Gasteiger partial charge in [-0.15, -0.1) is 11.3 Å². The van der Waals surface area contributed by atoms with Crippen molar-refractivity contribution < 1.29 is 4.79 Å². The SMILES string of the molecule is CC(C)c1nc(C2(C=O)CC2)cs1. The molecule has 70 valence electrons. The lowest BCUT2D eigenvalue weighted by Crippen LogP contribution is -2.08. The predicted molar refractivity (Wildman–Crippen MR) is 53.2 cm³/mol. The Morgan fingerprint density at radius 3 is 2.69 bits per heavy atom. The maximum absolute atomic E-state index is 10.8. The molecular weight excluding hydrogens is 182 g/mol. The molecule has 0 aromatic carbocycles. The van der Waals surface area contributed by atoms with Gasteiger partial charge in [-0.3, -0.25) is 0 Å². The summed E-state index contributed by atoms with van der Waals surface area (Å²) >= 11 is 1.67. The molecule has 1 heterocycles. The summed E-state index contributed by atoms with van der Waals surface area (Å²) in [6, 6.07) is 0. The third-order valence-electron chi connectivity index (χ3n) is 2.54. The van der Waals surface area contributed by atoms with E-state index in [-0.39, 0.29) is 5.41 Å². The van der Waals surface area contributed by atoms with E-state index in [1.165, 1.54) is 0 Å². The molecule has 1 fully saturated rings. The summed E-state index contributed by atoms with van der Waals surface area (Å²) in [5.41, 5.74) is 0.806. The summed E-state index contributed by atoms with van der Waals surface area (Å²) in [5, 5.41) is 3.18. The minimum absolute atomic E-state index is 0.191. The lowest BCUT2D eigenvalue weighted by molar-refractivity contribution is -0.109. The van der Waals surface area contributed by atoms with E-state index in [0.717, 1.165) is 29.8 Å². The van der Waals surface area contributed by atoms with Crippen molar-refractivity contribution in [3.05, 3.63) is 16.1 Å². The van der Waals surface area contributed by atoms with Crippen LogP contribution < -0.4 is 0 Å². The zero-order valence-corrected chi connectivity index (χ0v) is 8.73. The minimum atomic E-state index is -0.191. The van der Waals surface area contributed by atoms with Gasteiger partial charge in [0.2, 0.25) is 0 Å². The van der Waals surface area contributed by atoms with Crippen LogP contribution in [0.2, 0.25) is 0 Å². The fraction of sp³-hybridized carbons (Fsp3) is 0.600. The van der Waals surface area contributed by atoms with Crippen molar-refractivity contribution in [1.82, 2.24) is 4.98 Å². The monoisotopic (exact) mass is 195 g/mol. The number of thiazole rings is 1. The highest BCUT2D eigenvalue weighted by Crippen LogP contribution is 2.46. The van der Waals surface area contributed by atoms with Crippen molar-refractivity contribution in [2.24, 2.45) is 0 Å². The second-order valence-electron chi connectivity index (χ2n) is 4.00. The minimum Gasteiger partial charge on any atom is -0.302 e. The van der Waals surface area contributed by atoms with Crippen LogP contribution in [0.4, 0.5) is 0 Å². The first-order valence-corrected chi connectivity index (χ1v) is 5.48. The van der Waals surface area contributed by atoms with Crippen molar-refractivity contribution in [3.8, 4) is 0 Å². The summed E-state index contributed by atoms with van der Waals surface area (Å²) in [6.07, 6.45) is 3.03. The molecule has 1 aromatic rings. The molecule has 0 aliphatic heterocycles. The van der Waals surface area contributed by atoms with Crippen LogP contribution in [0.25, 0.3) is 0 Å². The van der Waals surface area contributed by atoms with E-state index in [2.05, 4.69) is 18.8 Å². The lowest BCUT2D eigenvalue weighted by atomic mass is 10.1. The molecule has 0 bridgehead atoms. The van der Waals surface area contributed by atoms with Gasteiger partial charge in [-0.1, -0.05) is 13.8 Å². The molecule has 3 heteroatoms. The smallest absolute Gasteiger partial charge is 0.132 e. The number of nitrogens with zero attached hydrogens (tertiary/aromatic N) is 1. The zero-order valence-electron chi connectivity index (χ0n) is 7.91. The third-order valence-corrected chi connectivity index (χ3v) is 3.69. The number of carbonyl (C=O) groups is 1. The maximum atomic E-state index is 10.8. The fourth-order valence-corrected chi connectivity index (χ4v) is 2.29. The number of carbonyl (C=O) groups excluding carboxylic acids is 1. The highest BCUT2D eigenvalue weighted by atomic mass is 32.1. The van der Waals surface area contributed by atoms with Crippen LogP contribution in [-0.4, -0.2) is 11.3 Å². The van der Waals surface area contributed by atoms with Crippen molar-refractivity contribution >= 4 is 17.6 Å². The highest BCUT2D eigenvalue weighted by molar-refractivity contribution is 7.09. The number of aldehydes is 1. The Morgan fingerprint density at radius 1 is 1.62 bits per heavy atom. The Bertz CT molecular complexity index is 325. The third kappa shape index (κ3) is 1.41. The van der Waals surface area contributed by atoms with Gasteiger partial charge in [0.25, 0.3) is 0 Å². The summed E-state index contributed by atoms with van der Waals surface area (Å²) in [6.45, 7) is 4.26. The van der Waals surface area contributed by atoms with Gasteiger partial charge < -0.3 is 4.79 Å². The van der Waals surface area contributed by atoms with Crippen molar-refractivity contribution in [2.45, 2.75) is 38.0 Å². The van der Waals surface area contributed by atoms with E-state index in [1.54, 1.807) is 11.3 Å². The van der Waals surface area contributed by atoms with Crippen LogP contribution in [0.1, 0.15) is 43.3 Å². The Hall–Kier alpha value is -0.700. The lowest BCUT2D eigenvalue weighted by Gasteiger charge is -2.01. The first kappa shape index (κ1) is 8.88. The second kappa shape index (κ2) is 2.91. The number of aromatic nitrogens is 1. The van der Waals surface area contributed by atoms with E-state index in [0.29, 0.717) is 5.92 Å². The molecular formula is C10H13NOS. The summed E-state index contributed by atoms with van der Waals surface area (Å²) in [4.78, 5) is 15.3. The highest BCUT2D eigenvalue weighted by Gasteiger charge is 2.46. The van der Waals surface area contributed by atoms with Gasteiger partial charge in [0.15, 0.2) is 0 Å². The maximum Gasteiger partial charge on any atom is 0.132 e. The van der Waals surface area contributed by atoms with Crippen LogP contribution in [0.5, 0.6) is 0 Å². The molecule has 0 spiro atoms. The quantitative estimate of drug-likeness (QED) is 0.694. The molecule has 1 aliphatic carbocycles. The molecule has 1 saturated carbocycles. The van der Waals surface area contributed by atoms with E-state index < -0.39 is 0 Å². The van der Waals surface area contributed by atoms with Crippen LogP contribution in [0, 0.1) is 0 Å². The first-order valence-electron chi connectivity index (χ1n) is 4.60. The standard InChI is InChI=1S/C10H13NOS/c1-7(2)9-11-8(5-13-9)10(6-12)3-4-10/h5-7H,3-4H2,1-2H3. The molecule has 0 unspecified atom stereocenters. The van der Waals surface area contributed by atoms with Gasteiger partial charge in [-0.05, 0) is 12.8 Å². The van der Waals surface area contributed by atoms with Gasteiger partial charge in [0.1, 0.15) is 6.29 Å². The van der Waals surface area contributed by atoms with Gasteiger partial charge in [0, 0.05) is 11.3 Å². The molecule has 2 nitrogen and oxygen atoms in total. The van der Waals surface area contributed by atoms with Crippen LogP contribution in [0.3, 0.4) is 0 Å². The molecule has 0 atom stereocenters. The number of rotatable bonds is 3. The van der Waals surface area contributed by atoms with Crippen molar-refractivity contribution in [2.75, 3.05) is 0 Å².